The van der Waals surface area contributed by atoms with E-state index < -0.39 is 9.96 Å². The lowest BCUT2D eigenvalue weighted by atomic mass is 10.1. The fourth-order valence-electron chi connectivity index (χ4n) is 2.50. The lowest BCUT2D eigenvalue weighted by Gasteiger charge is -2.28. The Morgan fingerprint density at radius 2 is 1.70 bits per heavy atom. The highest BCUT2D eigenvalue weighted by Gasteiger charge is 2.34. The first-order valence-electron chi connectivity index (χ1n) is 9.23. The molecule has 0 aromatic heterocycles. The van der Waals surface area contributed by atoms with Crippen LogP contribution in [0, 0.1) is 6.92 Å². The zero-order valence-corrected chi connectivity index (χ0v) is 18.9. The van der Waals surface area contributed by atoms with Crippen LogP contribution in [0.1, 0.15) is 57.4 Å². The van der Waals surface area contributed by atoms with Gasteiger partial charge in [-0.2, -0.15) is 0 Å². The Kier molecular flexibility index (Phi) is 11.4. The fourth-order valence-corrected chi connectivity index (χ4v) is 3.06. The molecule has 0 saturated carbocycles. The number of thiocarbonyl (C=S) groups is 1. The normalized spacial score (nSPS) is 12.3. The van der Waals surface area contributed by atoms with Crippen molar-refractivity contribution in [2.24, 2.45) is 0 Å². The minimum atomic E-state index is -1.74. The second kappa shape index (κ2) is 12.7. The largest absolute Gasteiger partial charge is 0.339 e. The molecule has 0 heterocycles. The zero-order valence-electron chi connectivity index (χ0n) is 15.8. The number of aryl methyl sites for hydroxylation is 1. The number of hydrogen-bond donors (Lipinski definition) is 3. The molecule has 1 aromatic carbocycles. The molecule has 152 valence electrons. The highest BCUT2D eigenvalue weighted by Crippen LogP contribution is 2.29. The smallest absolute Gasteiger partial charge is 0.228 e. The van der Waals surface area contributed by atoms with Crippen molar-refractivity contribution in [3.8, 4) is 0 Å². The van der Waals surface area contributed by atoms with Gasteiger partial charge < -0.3 is 16.0 Å². The molecule has 4 nitrogen and oxygen atoms in total. The summed E-state index contributed by atoms with van der Waals surface area (Å²) < 4.78 is -1.74. The molecule has 27 heavy (non-hydrogen) atoms. The van der Waals surface area contributed by atoms with Gasteiger partial charge in [-0.1, -0.05) is 92.0 Å². The minimum absolute atomic E-state index is 0.173. The summed E-state index contributed by atoms with van der Waals surface area (Å²) in [7, 11) is 0. The molecule has 1 amide bonds. The van der Waals surface area contributed by atoms with Crippen molar-refractivity contribution in [1.29, 1.82) is 0 Å². The standard InChI is InChI=1S/C19H28Cl3N3OS/c1-3-4-5-6-7-8-13-16(26)24-17(19(20,21)22)25-18(27)23-15-12-10-9-11-14(15)2/h9-12,17H,3-8,13H2,1-2H3,(H,24,26)(H2,23,25,27). The number of benzene rings is 1. The Morgan fingerprint density at radius 1 is 1.07 bits per heavy atom. The Bertz CT molecular complexity index is 608. The third kappa shape index (κ3) is 10.4. The number of carbonyl (C=O) groups excluding carboxylic acids is 1. The highest BCUT2D eigenvalue weighted by atomic mass is 35.6. The number of para-hydroxylation sites is 1. The van der Waals surface area contributed by atoms with Crippen LogP contribution in [0.3, 0.4) is 0 Å². The monoisotopic (exact) mass is 451 g/mol. The number of amides is 1. The quantitative estimate of drug-likeness (QED) is 0.180. The SMILES string of the molecule is CCCCCCCCC(=O)NC(NC(=S)Nc1ccccc1C)C(Cl)(Cl)Cl. The summed E-state index contributed by atoms with van der Waals surface area (Å²) in [5.41, 5.74) is 1.87. The van der Waals surface area contributed by atoms with Crippen molar-refractivity contribution in [2.45, 2.75) is 68.8 Å². The van der Waals surface area contributed by atoms with Crippen molar-refractivity contribution in [3.05, 3.63) is 29.8 Å². The molecule has 1 rings (SSSR count). The molecule has 0 spiro atoms. The third-order valence-corrected chi connectivity index (χ3v) is 4.93. The number of anilines is 1. The summed E-state index contributed by atoms with van der Waals surface area (Å²) in [4.78, 5) is 12.2. The second-order valence-electron chi connectivity index (χ2n) is 6.47. The molecule has 0 bridgehead atoms. The molecule has 1 unspecified atom stereocenters. The van der Waals surface area contributed by atoms with E-state index in [1.807, 2.05) is 31.2 Å². The van der Waals surface area contributed by atoms with Crippen LogP contribution < -0.4 is 16.0 Å². The number of hydrogen-bond acceptors (Lipinski definition) is 2. The van der Waals surface area contributed by atoms with E-state index in [1.165, 1.54) is 19.3 Å². The lowest BCUT2D eigenvalue weighted by Crippen LogP contribution is -2.56. The summed E-state index contributed by atoms with van der Waals surface area (Å²) in [6, 6.07) is 7.68. The van der Waals surface area contributed by atoms with E-state index in [1.54, 1.807) is 0 Å². The van der Waals surface area contributed by atoms with E-state index in [4.69, 9.17) is 47.0 Å². The first-order valence-corrected chi connectivity index (χ1v) is 10.8. The van der Waals surface area contributed by atoms with E-state index in [2.05, 4.69) is 22.9 Å². The summed E-state index contributed by atoms with van der Waals surface area (Å²) in [5, 5.41) is 8.91. The molecule has 0 aliphatic rings. The lowest BCUT2D eigenvalue weighted by molar-refractivity contribution is -0.122. The van der Waals surface area contributed by atoms with Crippen LogP contribution in [0.15, 0.2) is 24.3 Å². The van der Waals surface area contributed by atoms with Gasteiger partial charge in [-0.05, 0) is 37.2 Å². The summed E-state index contributed by atoms with van der Waals surface area (Å²) >= 11 is 23.3. The Hall–Kier alpha value is -0.750. The van der Waals surface area contributed by atoms with Gasteiger partial charge in [0, 0.05) is 12.1 Å². The van der Waals surface area contributed by atoms with Crippen LogP contribution in [0.4, 0.5) is 5.69 Å². The molecule has 0 saturated heterocycles. The molecule has 0 fully saturated rings. The van der Waals surface area contributed by atoms with Crippen LogP contribution in [-0.2, 0) is 4.79 Å². The summed E-state index contributed by atoms with van der Waals surface area (Å²) in [6.45, 7) is 4.13. The van der Waals surface area contributed by atoms with E-state index in [0.717, 1.165) is 30.5 Å². The van der Waals surface area contributed by atoms with Gasteiger partial charge in [-0.25, -0.2) is 0 Å². The average Bonchev–Trinajstić information content (AvgIpc) is 2.58. The number of unbranched alkanes of at least 4 members (excludes halogenated alkanes) is 5. The molecule has 3 N–H and O–H groups in total. The van der Waals surface area contributed by atoms with Gasteiger partial charge in [-0.15, -0.1) is 0 Å². The predicted octanol–water partition coefficient (Wildman–Crippen LogP) is 5.84. The average molecular weight is 453 g/mol. The number of carbonyl (C=O) groups is 1. The van der Waals surface area contributed by atoms with Crippen molar-refractivity contribution in [3.63, 3.8) is 0 Å². The van der Waals surface area contributed by atoms with Crippen molar-refractivity contribution < 1.29 is 4.79 Å². The molecular weight excluding hydrogens is 425 g/mol. The van der Waals surface area contributed by atoms with Gasteiger partial charge in [0.25, 0.3) is 0 Å². The predicted molar refractivity (Wildman–Crippen MR) is 121 cm³/mol. The molecule has 0 aliphatic heterocycles. The maximum Gasteiger partial charge on any atom is 0.228 e. The maximum atomic E-state index is 12.2. The highest BCUT2D eigenvalue weighted by molar-refractivity contribution is 7.80. The number of nitrogens with one attached hydrogen (secondary N) is 3. The van der Waals surface area contributed by atoms with Crippen molar-refractivity contribution in [1.82, 2.24) is 10.6 Å². The molecule has 1 atom stereocenters. The van der Waals surface area contributed by atoms with Gasteiger partial charge in [0.05, 0.1) is 0 Å². The second-order valence-corrected chi connectivity index (χ2v) is 9.25. The van der Waals surface area contributed by atoms with Crippen molar-refractivity contribution >= 4 is 63.7 Å². The molecule has 1 aromatic rings. The van der Waals surface area contributed by atoms with Crippen LogP contribution >= 0.6 is 47.0 Å². The summed E-state index contributed by atoms with van der Waals surface area (Å²) in [6.07, 6.45) is 6.07. The van der Waals surface area contributed by atoms with Crippen LogP contribution in [0.2, 0.25) is 0 Å². The van der Waals surface area contributed by atoms with Gasteiger partial charge in [0.15, 0.2) is 5.11 Å². The first kappa shape index (κ1) is 24.3. The number of rotatable bonds is 10. The topological polar surface area (TPSA) is 53.2 Å². The third-order valence-electron chi connectivity index (χ3n) is 4.06. The zero-order chi connectivity index (χ0) is 20.3. The molecule has 8 heteroatoms. The van der Waals surface area contributed by atoms with E-state index in [9.17, 15) is 4.79 Å². The Morgan fingerprint density at radius 3 is 2.33 bits per heavy atom. The number of alkyl halides is 3. The van der Waals surface area contributed by atoms with E-state index in [-0.39, 0.29) is 11.0 Å². The van der Waals surface area contributed by atoms with Gasteiger partial charge in [-0.3, -0.25) is 4.79 Å². The van der Waals surface area contributed by atoms with Gasteiger partial charge in [0.2, 0.25) is 9.70 Å². The van der Waals surface area contributed by atoms with Crippen LogP contribution in [0.5, 0.6) is 0 Å². The Labute approximate surface area is 182 Å². The first-order chi connectivity index (χ1) is 12.7. The van der Waals surface area contributed by atoms with Gasteiger partial charge in [0.1, 0.15) is 6.17 Å². The Balaban J connectivity index is 2.49. The van der Waals surface area contributed by atoms with Crippen LogP contribution in [0.25, 0.3) is 0 Å². The number of halogens is 3. The molecular formula is C19H28Cl3N3OS. The summed E-state index contributed by atoms with van der Waals surface area (Å²) in [5.74, 6) is -0.173. The molecule has 0 aliphatic carbocycles. The van der Waals surface area contributed by atoms with Crippen molar-refractivity contribution in [2.75, 3.05) is 5.32 Å². The van der Waals surface area contributed by atoms with E-state index in [0.29, 0.717) is 6.42 Å². The van der Waals surface area contributed by atoms with Gasteiger partial charge >= 0.3 is 0 Å². The molecule has 0 radical (unpaired) electrons. The maximum absolute atomic E-state index is 12.2. The van der Waals surface area contributed by atoms with Crippen LogP contribution in [-0.4, -0.2) is 21.0 Å². The fraction of sp³-hybridized carbons (Fsp3) is 0.579. The van der Waals surface area contributed by atoms with E-state index >= 15 is 0 Å². The minimum Gasteiger partial charge on any atom is -0.339 e.